The van der Waals surface area contributed by atoms with Gasteiger partial charge in [-0.1, -0.05) is 20.4 Å². The van der Waals surface area contributed by atoms with Crippen molar-refractivity contribution in [3.05, 3.63) is 36.7 Å². The van der Waals surface area contributed by atoms with Crippen molar-refractivity contribution in [2.45, 2.75) is 65.0 Å². The zero-order valence-corrected chi connectivity index (χ0v) is 23.2. The number of carbonyl (C=O) groups excluding carboxylic acids is 2. The van der Waals surface area contributed by atoms with Gasteiger partial charge in [0.1, 0.15) is 5.82 Å². The number of nitrogens with one attached hydrogen (secondary N) is 1. The lowest BCUT2D eigenvalue weighted by Crippen LogP contribution is -2.61. The normalized spacial score (nSPS) is 23.6. The minimum atomic E-state index is -0.662. The number of ether oxygens (including phenoxy) is 2. The van der Waals surface area contributed by atoms with Crippen molar-refractivity contribution >= 4 is 23.9 Å². The summed E-state index contributed by atoms with van der Waals surface area (Å²) in [7, 11) is 0. The first-order valence-corrected chi connectivity index (χ1v) is 13.4. The fourth-order valence-corrected chi connectivity index (χ4v) is 5.70. The second-order valence-corrected chi connectivity index (χ2v) is 11.0. The summed E-state index contributed by atoms with van der Waals surface area (Å²) in [6, 6.07) is -0.315. The molecule has 3 aliphatic heterocycles. The smallest absolute Gasteiger partial charge is 0.417 e. The van der Waals surface area contributed by atoms with Crippen molar-refractivity contribution in [3.63, 3.8) is 0 Å². The minimum absolute atomic E-state index is 0.0263. The van der Waals surface area contributed by atoms with E-state index in [2.05, 4.69) is 43.7 Å². The Morgan fingerprint density at radius 3 is 2.67 bits per heavy atom. The second kappa shape index (κ2) is 10.5. The van der Waals surface area contributed by atoms with Crippen LogP contribution in [-0.4, -0.2) is 96.8 Å². The molecule has 0 radical (unpaired) electrons. The van der Waals surface area contributed by atoms with Crippen molar-refractivity contribution in [2.75, 3.05) is 43.1 Å². The number of nitrogens with zero attached hydrogens (tertiary/aromatic N) is 8. The molecular formula is C26H37N9O4. The van der Waals surface area contributed by atoms with Crippen molar-refractivity contribution in [1.29, 1.82) is 0 Å². The van der Waals surface area contributed by atoms with E-state index in [4.69, 9.17) is 9.47 Å². The SMILES string of the molecule is C=CC(=O)N1CCN(Cn2cnc([C@H](C)Nc3nc(C)nc(N4C(=O)OC5(COC5)C4C(C)C)n3)c2)C[C@@H]1C. The van der Waals surface area contributed by atoms with E-state index < -0.39 is 11.7 Å². The largest absolute Gasteiger partial charge is 0.435 e. The topological polar surface area (TPSA) is 131 Å². The van der Waals surface area contributed by atoms with E-state index in [1.807, 2.05) is 36.4 Å². The maximum Gasteiger partial charge on any atom is 0.417 e. The lowest BCUT2D eigenvalue weighted by molar-refractivity contribution is -0.174. The summed E-state index contributed by atoms with van der Waals surface area (Å²) in [6.07, 6.45) is 4.70. The molecule has 3 fully saturated rings. The summed E-state index contributed by atoms with van der Waals surface area (Å²) < 4.78 is 13.2. The molecule has 2 amide bonds. The van der Waals surface area contributed by atoms with Gasteiger partial charge in [0.2, 0.25) is 17.8 Å². The van der Waals surface area contributed by atoms with Crippen LogP contribution in [0.25, 0.3) is 0 Å². The van der Waals surface area contributed by atoms with E-state index in [0.717, 1.165) is 18.8 Å². The van der Waals surface area contributed by atoms with Crippen LogP contribution in [0.15, 0.2) is 25.2 Å². The average Bonchev–Trinajstić information content (AvgIpc) is 3.45. The molecule has 13 nitrogen and oxygen atoms in total. The molecule has 1 N–H and O–H groups in total. The van der Waals surface area contributed by atoms with Crippen LogP contribution in [0.5, 0.6) is 0 Å². The number of carbonyl (C=O) groups is 2. The molecule has 39 heavy (non-hydrogen) atoms. The Kier molecular flexibility index (Phi) is 7.29. The third-order valence-electron chi connectivity index (χ3n) is 7.55. The number of hydrogen-bond donors (Lipinski definition) is 1. The molecule has 210 valence electrons. The molecule has 2 aromatic heterocycles. The molecule has 1 unspecified atom stereocenters. The molecule has 0 aliphatic carbocycles. The van der Waals surface area contributed by atoms with Gasteiger partial charge in [-0.25, -0.2) is 14.7 Å². The standard InChI is InChI=1S/C26H37N9O4/c1-7-21(36)34-9-8-32(10-17(34)4)15-33-11-20(27-14-33)18(5)28-23-29-19(6)30-24(31-23)35-22(16(2)3)26(12-38-13-26)39-25(35)37/h7,11,14,16-18,22H,1,8-10,12-13,15H2,2-6H3,(H,28,29,30,31)/t17-,18-,22?/m0/s1. The molecule has 5 heterocycles. The summed E-state index contributed by atoms with van der Waals surface area (Å²) >= 11 is 0. The number of anilines is 2. The Balaban J connectivity index is 1.25. The molecule has 3 saturated heterocycles. The van der Waals surface area contributed by atoms with E-state index >= 15 is 0 Å². The third-order valence-corrected chi connectivity index (χ3v) is 7.55. The van der Waals surface area contributed by atoms with Crippen LogP contribution < -0.4 is 10.2 Å². The van der Waals surface area contributed by atoms with Crippen molar-refractivity contribution in [1.82, 2.24) is 34.3 Å². The predicted octanol–water partition coefficient (Wildman–Crippen LogP) is 1.98. The van der Waals surface area contributed by atoms with E-state index in [-0.39, 0.29) is 35.9 Å². The third kappa shape index (κ3) is 5.20. The summed E-state index contributed by atoms with van der Waals surface area (Å²) in [5, 5.41) is 3.31. The highest BCUT2D eigenvalue weighted by atomic mass is 16.6. The van der Waals surface area contributed by atoms with E-state index in [1.165, 1.54) is 11.0 Å². The van der Waals surface area contributed by atoms with Gasteiger partial charge >= 0.3 is 6.09 Å². The minimum Gasteiger partial charge on any atom is -0.435 e. The van der Waals surface area contributed by atoms with E-state index in [9.17, 15) is 9.59 Å². The fourth-order valence-electron chi connectivity index (χ4n) is 5.70. The first-order chi connectivity index (χ1) is 18.6. The number of rotatable bonds is 8. The second-order valence-electron chi connectivity index (χ2n) is 11.0. The van der Waals surface area contributed by atoms with E-state index in [0.29, 0.717) is 38.2 Å². The van der Waals surface area contributed by atoms with Crippen LogP contribution >= 0.6 is 0 Å². The first-order valence-electron chi connectivity index (χ1n) is 13.4. The number of aryl methyl sites for hydroxylation is 1. The van der Waals surface area contributed by atoms with Gasteiger partial charge < -0.3 is 24.3 Å². The monoisotopic (exact) mass is 539 g/mol. The molecule has 0 bridgehead atoms. The number of hydrogen-bond acceptors (Lipinski definition) is 10. The zero-order chi connectivity index (χ0) is 27.9. The van der Waals surface area contributed by atoms with Crippen LogP contribution in [0.2, 0.25) is 0 Å². The van der Waals surface area contributed by atoms with Crippen molar-refractivity contribution in [3.8, 4) is 0 Å². The summed E-state index contributed by atoms with van der Waals surface area (Å²) in [5.74, 6) is 1.20. The maximum atomic E-state index is 12.9. The summed E-state index contributed by atoms with van der Waals surface area (Å²) in [4.78, 5) is 48.7. The Labute approximate surface area is 228 Å². The van der Waals surface area contributed by atoms with Gasteiger partial charge in [0, 0.05) is 31.9 Å². The molecule has 0 aromatic carbocycles. The molecule has 1 spiro atoms. The highest BCUT2D eigenvalue weighted by Gasteiger charge is 2.61. The van der Waals surface area contributed by atoms with Gasteiger partial charge in [-0.3, -0.25) is 9.69 Å². The number of amides is 2. The lowest BCUT2D eigenvalue weighted by atomic mass is 9.84. The summed E-state index contributed by atoms with van der Waals surface area (Å²) in [5.41, 5.74) is 0.167. The molecule has 2 aromatic rings. The molecule has 3 aliphatic rings. The summed E-state index contributed by atoms with van der Waals surface area (Å²) in [6.45, 7) is 17.1. The molecule has 0 saturated carbocycles. The molecule has 3 atom stereocenters. The molecule has 5 rings (SSSR count). The molecule has 13 heteroatoms. The quantitative estimate of drug-likeness (QED) is 0.497. The maximum absolute atomic E-state index is 12.9. The number of aromatic nitrogens is 5. The van der Waals surface area contributed by atoms with Gasteiger partial charge in [0.25, 0.3) is 0 Å². The lowest BCUT2D eigenvalue weighted by Gasteiger charge is -2.42. The van der Waals surface area contributed by atoms with Crippen LogP contribution in [0.1, 0.15) is 45.3 Å². The van der Waals surface area contributed by atoms with Crippen LogP contribution in [-0.2, 0) is 20.9 Å². The average molecular weight is 540 g/mol. The van der Waals surface area contributed by atoms with Crippen molar-refractivity contribution < 1.29 is 19.1 Å². The highest BCUT2D eigenvalue weighted by molar-refractivity contribution is 5.89. The predicted molar refractivity (Wildman–Crippen MR) is 143 cm³/mol. The van der Waals surface area contributed by atoms with Gasteiger partial charge in [-0.2, -0.15) is 15.0 Å². The van der Waals surface area contributed by atoms with Crippen LogP contribution in [0, 0.1) is 12.8 Å². The van der Waals surface area contributed by atoms with E-state index in [1.54, 1.807) is 13.3 Å². The van der Waals surface area contributed by atoms with Gasteiger partial charge in [0.15, 0.2) is 5.60 Å². The Bertz CT molecular complexity index is 1240. The zero-order valence-electron chi connectivity index (χ0n) is 23.2. The number of piperazine rings is 1. The van der Waals surface area contributed by atoms with Gasteiger partial charge in [0.05, 0.1) is 44.0 Å². The van der Waals surface area contributed by atoms with Crippen LogP contribution in [0.4, 0.5) is 16.7 Å². The highest BCUT2D eigenvalue weighted by Crippen LogP contribution is 2.41. The number of imidazole rings is 1. The Morgan fingerprint density at radius 2 is 2.03 bits per heavy atom. The van der Waals surface area contributed by atoms with Gasteiger partial charge in [-0.15, -0.1) is 0 Å². The van der Waals surface area contributed by atoms with Crippen molar-refractivity contribution in [2.24, 2.45) is 5.92 Å². The van der Waals surface area contributed by atoms with Gasteiger partial charge in [-0.05, 0) is 32.8 Å². The van der Waals surface area contributed by atoms with Crippen LogP contribution in [0.3, 0.4) is 0 Å². The Hall–Kier alpha value is -3.58. The first kappa shape index (κ1) is 27.0. The fraction of sp³-hybridized carbons (Fsp3) is 0.615. The Morgan fingerprint density at radius 1 is 1.26 bits per heavy atom. The molecular weight excluding hydrogens is 502 g/mol.